The van der Waals surface area contributed by atoms with Crippen molar-refractivity contribution in [1.29, 1.82) is 0 Å². The van der Waals surface area contributed by atoms with Gasteiger partial charge in [0.1, 0.15) is 0 Å². The van der Waals surface area contributed by atoms with Crippen molar-refractivity contribution in [3.05, 3.63) is 22.4 Å². The molecule has 1 unspecified atom stereocenters. The van der Waals surface area contributed by atoms with Crippen LogP contribution in [0.15, 0.2) is 16.8 Å². The van der Waals surface area contributed by atoms with E-state index in [-0.39, 0.29) is 0 Å². The summed E-state index contributed by atoms with van der Waals surface area (Å²) in [4.78, 5) is 0. The van der Waals surface area contributed by atoms with Crippen LogP contribution in [0.25, 0.3) is 0 Å². The van der Waals surface area contributed by atoms with Crippen LogP contribution in [0.5, 0.6) is 0 Å². The number of hydrogen-bond donors (Lipinski definition) is 2. The molecule has 0 aromatic carbocycles. The second-order valence-electron chi connectivity index (χ2n) is 3.78. The molecule has 0 spiro atoms. The summed E-state index contributed by atoms with van der Waals surface area (Å²) in [5, 5.41) is 7.73. The highest BCUT2D eigenvalue weighted by molar-refractivity contribution is 7.07. The SMILES string of the molecule is CC(N)CCCCNCc1ccsc1. The molecular weight excluding hydrogens is 192 g/mol. The Balaban J connectivity index is 1.90. The molecule has 3 N–H and O–H groups in total. The highest BCUT2D eigenvalue weighted by Crippen LogP contribution is 2.05. The summed E-state index contributed by atoms with van der Waals surface area (Å²) in [5.41, 5.74) is 7.06. The number of rotatable bonds is 7. The summed E-state index contributed by atoms with van der Waals surface area (Å²) < 4.78 is 0. The maximum atomic E-state index is 5.67. The molecule has 0 aliphatic carbocycles. The van der Waals surface area contributed by atoms with Crippen LogP contribution >= 0.6 is 11.3 Å². The molecule has 0 bridgehead atoms. The monoisotopic (exact) mass is 212 g/mol. The van der Waals surface area contributed by atoms with Crippen LogP contribution < -0.4 is 11.1 Å². The normalized spacial score (nSPS) is 13.0. The standard InChI is InChI=1S/C11H20N2S/c1-10(12)4-2-3-6-13-8-11-5-7-14-9-11/h5,7,9-10,13H,2-4,6,8,12H2,1H3. The van der Waals surface area contributed by atoms with Gasteiger partial charge in [-0.3, -0.25) is 0 Å². The Bertz CT molecular complexity index is 219. The fraction of sp³-hybridized carbons (Fsp3) is 0.636. The van der Waals surface area contributed by atoms with Gasteiger partial charge in [-0.05, 0) is 48.7 Å². The largest absolute Gasteiger partial charge is 0.328 e. The van der Waals surface area contributed by atoms with E-state index >= 15 is 0 Å². The second-order valence-corrected chi connectivity index (χ2v) is 4.56. The first-order valence-corrected chi connectivity index (χ1v) is 6.20. The van der Waals surface area contributed by atoms with E-state index in [0.29, 0.717) is 6.04 Å². The highest BCUT2D eigenvalue weighted by atomic mass is 32.1. The molecule has 0 aliphatic rings. The highest BCUT2D eigenvalue weighted by Gasteiger charge is 1.95. The zero-order chi connectivity index (χ0) is 10.2. The topological polar surface area (TPSA) is 38.0 Å². The Morgan fingerprint density at radius 2 is 2.36 bits per heavy atom. The van der Waals surface area contributed by atoms with Gasteiger partial charge in [0.2, 0.25) is 0 Å². The fourth-order valence-corrected chi connectivity index (χ4v) is 2.01. The van der Waals surface area contributed by atoms with Crippen LogP contribution in [0.4, 0.5) is 0 Å². The summed E-state index contributed by atoms with van der Waals surface area (Å²) in [6.07, 6.45) is 3.60. The Kier molecular flexibility index (Phi) is 5.83. The molecule has 0 radical (unpaired) electrons. The van der Waals surface area contributed by atoms with Crippen LogP contribution in [0, 0.1) is 0 Å². The molecule has 1 atom stereocenters. The molecule has 3 heteroatoms. The van der Waals surface area contributed by atoms with E-state index in [2.05, 4.69) is 29.1 Å². The first kappa shape index (κ1) is 11.7. The van der Waals surface area contributed by atoms with Crippen molar-refractivity contribution in [3.63, 3.8) is 0 Å². The lowest BCUT2D eigenvalue weighted by molar-refractivity contribution is 0.564. The summed E-state index contributed by atoms with van der Waals surface area (Å²) in [6, 6.07) is 2.52. The van der Waals surface area contributed by atoms with E-state index in [4.69, 9.17) is 5.73 Å². The van der Waals surface area contributed by atoms with E-state index in [1.165, 1.54) is 18.4 Å². The molecular formula is C11H20N2S. The van der Waals surface area contributed by atoms with Crippen molar-refractivity contribution in [2.24, 2.45) is 5.73 Å². The van der Waals surface area contributed by atoms with E-state index in [0.717, 1.165) is 19.5 Å². The Morgan fingerprint density at radius 1 is 1.50 bits per heavy atom. The lowest BCUT2D eigenvalue weighted by atomic mass is 10.1. The van der Waals surface area contributed by atoms with Crippen LogP contribution in [-0.2, 0) is 6.54 Å². The number of nitrogens with one attached hydrogen (secondary N) is 1. The molecule has 0 saturated carbocycles. The first-order valence-electron chi connectivity index (χ1n) is 5.26. The van der Waals surface area contributed by atoms with Crippen molar-refractivity contribution in [1.82, 2.24) is 5.32 Å². The molecule has 0 amide bonds. The fourth-order valence-electron chi connectivity index (χ4n) is 1.34. The number of thiophene rings is 1. The lowest BCUT2D eigenvalue weighted by Crippen LogP contribution is -2.17. The van der Waals surface area contributed by atoms with Crippen molar-refractivity contribution in [2.45, 2.75) is 38.8 Å². The third-order valence-electron chi connectivity index (χ3n) is 2.17. The molecule has 0 fully saturated rings. The molecule has 1 aromatic rings. The quantitative estimate of drug-likeness (QED) is 0.681. The Morgan fingerprint density at radius 3 is 3.00 bits per heavy atom. The van der Waals surface area contributed by atoms with Crippen LogP contribution in [0.2, 0.25) is 0 Å². The van der Waals surface area contributed by atoms with E-state index in [9.17, 15) is 0 Å². The molecule has 80 valence electrons. The van der Waals surface area contributed by atoms with E-state index in [1.807, 2.05) is 0 Å². The van der Waals surface area contributed by atoms with Gasteiger partial charge in [0.25, 0.3) is 0 Å². The van der Waals surface area contributed by atoms with Crippen molar-refractivity contribution >= 4 is 11.3 Å². The summed E-state index contributed by atoms with van der Waals surface area (Å²) >= 11 is 1.76. The van der Waals surface area contributed by atoms with Gasteiger partial charge in [-0.2, -0.15) is 11.3 Å². The van der Waals surface area contributed by atoms with Crippen molar-refractivity contribution < 1.29 is 0 Å². The van der Waals surface area contributed by atoms with Gasteiger partial charge in [-0.15, -0.1) is 0 Å². The number of hydrogen-bond acceptors (Lipinski definition) is 3. The van der Waals surface area contributed by atoms with Crippen LogP contribution in [-0.4, -0.2) is 12.6 Å². The average Bonchev–Trinajstić information content (AvgIpc) is 2.63. The lowest BCUT2D eigenvalue weighted by Gasteiger charge is -2.05. The summed E-state index contributed by atoms with van der Waals surface area (Å²) in [7, 11) is 0. The van der Waals surface area contributed by atoms with Gasteiger partial charge in [-0.1, -0.05) is 6.42 Å². The van der Waals surface area contributed by atoms with Gasteiger partial charge >= 0.3 is 0 Å². The van der Waals surface area contributed by atoms with Gasteiger partial charge in [0, 0.05) is 12.6 Å². The molecule has 0 saturated heterocycles. The summed E-state index contributed by atoms with van der Waals surface area (Å²) in [5.74, 6) is 0. The maximum absolute atomic E-state index is 5.67. The van der Waals surface area contributed by atoms with Gasteiger partial charge in [0.15, 0.2) is 0 Å². The zero-order valence-corrected chi connectivity index (χ0v) is 9.65. The predicted octanol–water partition coefficient (Wildman–Crippen LogP) is 2.36. The van der Waals surface area contributed by atoms with E-state index < -0.39 is 0 Å². The van der Waals surface area contributed by atoms with Gasteiger partial charge < -0.3 is 11.1 Å². The molecule has 1 rings (SSSR count). The molecule has 14 heavy (non-hydrogen) atoms. The maximum Gasteiger partial charge on any atom is 0.0213 e. The van der Waals surface area contributed by atoms with Crippen LogP contribution in [0.1, 0.15) is 31.7 Å². The minimum absolute atomic E-state index is 0.354. The number of unbranched alkanes of at least 4 members (excludes halogenated alkanes) is 1. The van der Waals surface area contributed by atoms with Crippen molar-refractivity contribution in [3.8, 4) is 0 Å². The molecule has 2 nitrogen and oxygen atoms in total. The first-order chi connectivity index (χ1) is 6.79. The number of nitrogens with two attached hydrogens (primary N) is 1. The second kappa shape index (κ2) is 6.98. The molecule has 1 heterocycles. The average molecular weight is 212 g/mol. The Labute approximate surface area is 90.5 Å². The minimum atomic E-state index is 0.354. The van der Waals surface area contributed by atoms with Crippen LogP contribution in [0.3, 0.4) is 0 Å². The zero-order valence-electron chi connectivity index (χ0n) is 8.83. The summed E-state index contributed by atoms with van der Waals surface area (Å²) in [6.45, 7) is 4.17. The third-order valence-corrected chi connectivity index (χ3v) is 2.90. The molecule has 1 aromatic heterocycles. The van der Waals surface area contributed by atoms with Crippen molar-refractivity contribution in [2.75, 3.05) is 6.54 Å². The van der Waals surface area contributed by atoms with E-state index in [1.54, 1.807) is 11.3 Å². The smallest absolute Gasteiger partial charge is 0.0213 e. The molecule has 0 aliphatic heterocycles. The third kappa shape index (κ3) is 5.37. The Hall–Kier alpha value is -0.380. The van der Waals surface area contributed by atoms with Gasteiger partial charge in [0.05, 0.1) is 0 Å². The predicted molar refractivity (Wildman–Crippen MR) is 63.5 cm³/mol. The van der Waals surface area contributed by atoms with Gasteiger partial charge in [-0.25, -0.2) is 0 Å². The minimum Gasteiger partial charge on any atom is -0.328 e.